The minimum Gasteiger partial charge on any atom is -0.444 e. The molecule has 8 heterocycles. The lowest BCUT2D eigenvalue weighted by Crippen LogP contribution is -2.58. The van der Waals surface area contributed by atoms with Gasteiger partial charge in [-0.2, -0.15) is 26.3 Å². The van der Waals surface area contributed by atoms with Gasteiger partial charge in [-0.05, 0) is 204 Å². The molecule has 5 saturated heterocycles. The van der Waals surface area contributed by atoms with Gasteiger partial charge in [0.1, 0.15) is 40.8 Å². The number of aromatic nitrogens is 3. The van der Waals surface area contributed by atoms with Crippen molar-refractivity contribution in [3.63, 3.8) is 0 Å². The fourth-order valence-corrected chi connectivity index (χ4v) is 12.5. The van der Waals surface area contributed by atoms with Crippen molar-refractivity contribution < 1.29 is 83.5 Å². The smallest absolute Gasteiger partial charge is 0.416 e. The summed E-state index contributed by atoms with van der Waals surface area (Å²) in [7, 11) is 0. The van der Waals surface area contributed by atoms with Crippen LogP contribution in [0, 0.1) is 23.5 Å². The van der Waals surface area contributed by atoms with E-state index in [4.69, 9.17) is 14.2 Å². The van der Waals surface area contributed by atoms with E-state index in [2.05, 4.69) is 51.7 Å². The molecule has 0 bridgehead atoms. The van der Waals surface area contributed by atoms with Gasteiger partial charge < -0.3 is 45.3 Å². The van der Waals surface area contributed by atoms with Gasteiger partial charge in [0.05, 0.1) is 28.9 Å². The lowest BCUT2D eigenvalue weighted by Gasteiger charge is -2.46. The Morgan fingerprint density at radius 2 is 1.10 bits per heavy atom. The van der Waals surface area contributed by atoms with Crippen LogP contribution in [0.1, 0.15) is 144 Å². The standard InChI is InChI=1S/C27H31F4N3O3.C17H17F4NO3.C10H14N2O.C10H17NO3.C5H4BrN/c28-22-13-18(12-21(14-22)27(29,30)31)15-33-24(35)26(19-3-4-19)6-5-23(17-37-26)34-10-7-25(36,8-11-34)20-2-1-9-32-16-20;18-13-6-10(5-12(7-13)17(19,20)21)8-22-15(24)16(11-1-2-11)4-3-14(23)9-25-16;13-10(3-6-11-7-4-10)9-2-1-5-12-8-9;1-10(2,3)14-9(13)11-6-4-8(12)5-7-11;6-5-2-1-3-7-4-5/h1-2,9,12-14,16,19,23,36H,3-8,10-11,15,17H2,(H,33,35);5-7,11H,1-4,8-9H2,(H,22,24);1-2,5,8,11,13H,3-4,6-7H2;4-7H2,1-3H3;1-4H/t23-,26+;16-;;;/m10.../s1. The summed E-state index contributed by atoms with van der Waals surface area (Å²) in [5.74, 6) is -2.59. The minimum absolute atomic E-state index is 0.0125. The number of alkyl halides is 6. The number of Topliss-reactive ketones (excluding diaryl/α,β-unsaturated/α-hetero) is 2. The Labute approximate surface area is 561 Å². The average Bonchev–Trinajstić information content (AvgIpc) is 1.62. The van der Waals surface area contributed by atoms with Crippen molar-refractivity contribution in [2.45, 2.75) is 170 Å². The second kappa shape index (κ2) is 32.7. The van der Waals surface area contributed by atoms with E-state index in [-0.39, 0.29) is 85.1 Å². The number of hydrogen-bond acceptors (Lipinski definition) is 15. The highest BCUT2D eigenvalue weighted by Gasteiger charge is 2.55. The number of likely N-dealkylation sites (tertiary alicyclic amines) is 2. The number of nitrogens with one attached hydrogen (secondary N) is 3. The third-order valence-corrected chi connectivity index (χ3v) is 18.4. The van der Waals surface area contributed by atoms with Gasteiger partial charge in [-0.3, -0.25) is 39.0 Å². The van der Waals surface area contributed by atoms with E-state index in [1.165, 1.54) is 0 Å². The van der Waals surface area contributed by atoms with E-state index in [0.717, 1.165) is 97.9 Å². The van der Waals surface area contributed by atoms with Gasteiger partial charge in [-0.15, -0.1) is 0 Å². The molecule has 27 heteroatoms. The SMILES string of the molecule is Brc1cccnc1.CC(C)(C)OC(=O)N1CCC(=O)CC1.O=C(NCc1cc(F)cc(C(F)(F)F)c1)[C@@]1(C2CC2)CC[C@@H](N2CCC(O)(c3cccnc3)CC2)CO1.O=C1CC[C@@](C(=O)NCc2cc(F)cc(C(F)(F)F)c2)(C2CC2)OC1.OC1(c2cccnc2)CCNCC1. The molecular formula is C69H83BrF8N8O10. The van der Waals surface area contributed by atoms with Crippen molar-refractivity contribution in [1.82, 2.24) is 40.7 Å². The minimum atomic E-state index is -4.67. The van der Waals surface area contributed by atoms with Crippen LogP contribution in [-0.4, -0.2) is 140 Å². The van der Waals surface area contributed by atoms with Crippen molar-refractivity contribution >= 4 is 45.4 Å². The highest BCUT2D eigenvalue weighted by molar-refractivity contribution is 9.10. The number of pyridine rings is 3. The van der Waals surface area contributed by atoms with E-state index < -0.39 is 69.0 Å². The number of carbonyl (C=O) groups is 5. The van der Waals surface area contributed by atoms with E-state index in [9.17, 15) is 69.3 Å². The van der Waals surface area contributed by atoms with Crippen LogP contribution in [0.2, 0.25) is 0 Å². The zero-order chi connectivity index (χ0) is 69.5. The first-order valence-corrected chi connectivity index (χ1v) is 33.0. The molecule has 2 aliphatic carbocycles. The summed E-state index contributed by atoms with van der Waals surface area (Å²) in [6.45, 7) is 9.42. The zero-order valence-corrected chi connectivity index (χ0v) is 55.5. The highest BCUT2D eigenvalue weighted by atomic mass is 79.9. The maximum atomic E-state index is 13.8. The molecule has 18 nitrogen and oxygen atoms in total. The van der Waals surface area contributed by atoms with Gasteiger partial charge in [0.2, 0.25) is 0 Å². The second-order valence-corrected chi connectivity index (χ2v) is 27.1. The molecule has 5 N–H and O–H groups in total. The van der Waals surface area contributed by atoms with Crippen molar-refractivity contribution in [2.24, 2.45) is 11.8 Å². The Kier molecular flexibility index (Phi) is 25.5. The molecule has 2 aromatic carbocycles. The summed E-state index contributed by atoms with van der Waals surface area (Å²) in [4.78, 5) is 75.5. The third kappa shape index (κ3) is 21.3. The van der Waals surface area contributed by atoms with Gasteiger partial charge in [0.25, 0.3) is 11.8 Å². The first kappa shape index (κ1) is 74.9. The van der Waals surface area contributed by atoms with E-state index in [0.29, 0.717) is 77.0 Å². The quantitative estimate of drug-likeness (QED) is 0.0774. The van der Waals surface area contributed by atoms with Crippen LogP contribution < -0.4 is 16.0 Å². The molecule has 96 heavy (non-hydrogen) atoms. The fourth-order valence-electron chi connectivity index (χ4n) is 12.3. The molecule has 0 radical (unpaired) electrons. The molecule has 12 rings (SSSR count). The molecule has 3 aromatic heterocycles. The Morgan fingerprint density at radius 3 is 1.49 bits per heavy atom. The number of rotatable bonds is 11. The predicted octanol–water partition coefficient (Wildman–Crippen LogP) is 11.2. The number of halogens is 9. The average molecular weight is 1420 g/mol. The number of ether oxygens (including phenoxy) is 3. The highest BCUT2D eigenvalue weighted by Crippen LogP contribution is 2.49. The second-order valence-electron chi connectivity index (χ2n) is 26.2. The van der Waals surface area contributed by atoms with Gasteiger partial charge in [0, 0.05) is 117 Å². The molecule has 5 aromatic rings. The van der Waals surface area contributed by atoms with Crippen molar-refractivity contribution in [3.8, 4) is 0 Å². The first-order chi connectivity index (χ1) is 45.4. The maximum absolute atomic E-state index is 13.8. The Bertz CT molecular complexity index is 3380. The third-order valence-electron chi connectivity index (χ3n) is 17.9. The number of aliphatic hydroxyl groups is 2. The molecule has 2 saturated carbocycles. The predicted molar refractivity (Wildman–Crippen MR) is 340 cm³/mol. The van der Waals surface area contributed by atoms with Crippen LogP contribution in [0.4, 0.5) is 39.9 Å². The topological polar surface area (TPSA) is 235 Å². The zero-order valence-electron chi connectivity index (χ0n) is 53.9. The normalized spacial score (nSPS) is 22.7. The van der Waals surface area contributed by atoms with Crippen molar-refractivity contribution in [3.05, 3.63) is 159 Å². The van der Waals surface area contributed by atoms with Gasteiger partial charge >= 0.3 is 18.4 Å². The summed E-state index contributed by atoms with van der Waals surface area (Å²) in [6, 6.07) is 15.9. The van der Waals surface area contributed by atoms with Crippen molar-refractivity contribution in [2.75, 3.05) is 52.5 Å². The van der Waals surface area contributed by atoms with Crippen LogP contribution in [0.3, 0.4) is 0 Å². The molecule has 0 spiro atoms. The van der Waals surface area contributed by atoms with Gasteiger partial charge in [0.15, 0.2) is 5.78 Å². The molecule has 522 valence electrons. The number of carbonyl (C=O) groups excluding carboxylic acids is 5. The van der Waals surface area contributed by atoms with Crippen LogP contribution in [0.5, 0.6) is 0 Å². The van der Waals surface area contributed by atoms with E-state index in [1.54, 1.807) is 42.1 Å². The van der Waals surface area contributed by atoms with E-state index >= 15 is 0 Å². The molecule has 5 aliphatic heterocycles. The molecule has 3 atom stereocenters. The van der Waals surface area contributed by atoms with Crippen molar-refractivity contribution in [1.29, 1.82) is 0 Å². The van der Waals surface area contributed by atoms with Crippen LogP contribution >= 0.6 is 15.9 Å². The Balaban J connectivity index is 0.000000171. The summed E-state index contributed by atoms with van der Waals surface area (Å²) >= 11 is 3.25. The van der Waals surface area contributed by atoms with E-state index in [1.807, 2.05) is 57.2 Å². The summed E-state index contributed by atoms with van der Waals surface area (Å²) in [6.07, 6.45) is 9.43. The molecule has 7 aliphatic rings. The molecule has 7 fully saturated rings. The largest absolute Gasteiger partial charge is 0.444 e. The molecular weight excluding hydrogens is 1330 g/mol. The fraction of sp³-hybridized carbons (Fsp3) is 0.536. The lowest BCUT2D eigenvalue weighted by molar-refractivity contribution is -0.167. The molecule has 3 amide bonds. The summed E-state index contributed by atoms with van der Waals surface area (Å²) in [5, 5.41) is 29.8. The monoisotopic (exact) mass is 1410 g/mol. The van der Waals surface area contributed by atoms with Gasteiger partial charge in [-0.1, -0.05) is 12.1 Å². The van der Waals surface area contributed by atoms with Crippen LogP contribution in [0.25, 0.3) is 0 Å². The molecule has 0 unspecified atom stereocenters. The maximum Gasteiger partial charge on any atom is 0.416 e. The number of piperidine rings is 3. The lowest BCUT2D eigenvalue weighted by atomic mass is 9.83. The number of amides is 3. The Hall–Kier alpha value is -6.88. The number of ketones is 2. The van der Waals surface area contributed by atoms with Crippen LogP contribution in [0.15, 0.2) is 114 Å². The Morgan fingerprint density at radius 1 is 0.625 bits per heavy atom. The number of nitrogens with zero attached hydrogens (tertiary/aromatic N) is 5. The first-order valence-electron chi connectivity index (χ1n) is 32.2. The summed E-state index contributed by atoms with van der Waals surface area (Å²) in [5.41, 5.74) is -4.49. The summed E-state index contributed by atoms with van der Waals surface area (Å²) < 4.78 is 123. The number of benzene rings is 2. The van der Waals surface area contributed by atoms with Gasteiger partial charge in [-0.25, -0.2) is 13.6 Å². The van der Waals surface area contributed by atoms with Crippen LogP contribution in [-0.2, 0) is 70.0 Å². The number of hydrogen-bond donors (Lipinski definition) is 5.